The Labute approximate surface area is 114 Å². The largest absolute Gasteiger partial charge is 0.420 e. The molecule has 1 saturated carbocycles. The van der Waals surface area contributed by atoms with Crippen molar-refractivity contribution in [1.82, 2.24) is 9.88 Å². The van der Waals surface area contributed by atoms with Crippen molar-refractivity contribution < 1.29 is 9.21 Å². The highest BCUT2D eigenvalue weighted by molar-refractivity contribution is 6.31. The van der Waals surface area contributed by atoms with E-state index in [1.54, 1.807) is 18.2 Å². The molecule has 2 aromatic rings. The van der Waals surface area contributed by atoms with Crippen molar-refractivity contribution in [2.45, 2.75) is 19.4 Å². The molecule has 1 N–H and O–H groups in total. The standard InChI is InChI=1S/C13H13ClN2O3/c14-9-3-4-10-11(7-9)19-13(18)16(10)6-5-15-12(17)8-1-2-8/h3-4,7-8H,1-2,5-6H2,(H,15,17). The predicted molar refractivity (Wildman–Crippen MR) is 71.2 cm³/mol. The van der Waals surface area contributed by atoms with Gasteiger partial charge in [0.05, 0.1) is 5.52 Å². The maximum absolute atomic E-state index is 11.7. The second-order valence-electron chi connectivity index (χ2n) is 4.70. The normalized spacial score (nSPS) is 14.8. The van der Waals surface area contributed by atoms with Crippen LogP contribution in [-0.4, -0.2) is 17.0 Å². The number of hydrogen-bond acceptors (Lipinski definition) is 3. The number of halogens is 1. The van der Waals surface area contributed by atoms with E-state index in [2.05, 4.69) is 5.32 Å². The molecule has 100 valence electrons. The molecule has 1 aliphatic rings. The minimum atomic E-state index is -0.432. The monoisotopic (exact) mass is 280 g/mol. The molecule has 6 heteroatoms. The van der Waals surface area contributed by atoms with Gasteiger partial charge in [0.25, 0.3) is 0 Å². The van der Waals surface area contributed by atoms with E-state index in [0.717, 1.165) is 12.8 Å². The molecule has 1 aromatic heterocycles. The number of benzene rings is 1. The van der Waals surface area contributed by atoms with Crippen LogP contribution in [0.3, 0.4) is 0 Å². The minimum absolute atomic E-state index is 0.0730. The molecule has 1 aliphatic carbocycles. The van der Waals surface area contributed by atoms with Gasteiger partial charge in [-0.2, -0.15) is 0 Å². The van der Waals surface area contributed by atoms with E-state index < -0.39 is 5.76 Å². The first-order valence-electron chi connectivity index (χ1n) is 6.22. The Balaban J connectivity index is 1.74. The molecule has 5 nitrogen and oxygen atoms in total. The van der Waals surface area contributed by atoms with Crippen LogP contribution in [-0.2, 0) is 11.3 Å². The average molecular weight is 281 g/mol. The summed E-state index contributed by atoms with van der Waals surface area (Å²) >= 11 is 5.84. The zero-order chi connectivity index (χ0) is 13.4. The van der Waals surface area contributed by atoms with Crippen molar-refractivity contribution >= 4 is 28.6 Å². The van der Waals surface area contributed by atoms with Gasteiger partial charge in [-0.25, -0.2) is 4.79 Å². The Bertz CT molecular complexity index is 685. The van der Waals surface area contributed by atoms with E-state index in [1.165, 1.54) is 4.57 Å². The van der Waals surface area contributed by atoms with Crippen LogP contribution in [0.15, 0.2) is 27.4 Å². The van der Waals surface area contributed by atoms with Crippen molar-refractivity contribution in [3.05, 3.63) is 33.8 Å². The summed E-state index contributed by atoms with van der Waals surface area (Å²) in [6.45, 7) is 0.818. The summed E-state index contributed by atoms with van der Waals surface area (Å²) in [7, 11) is 0. The lowest BCUT2D eigenvalue weighted by atomic mass is 10.3. The molecule has 1 fully saturated rings. The van der Waals surface area contributed by atoms with Gasteiger partial charge in [-0.1, -0.05) is 11.6 Å². The molecular formula is C13H13ClN2O3. The number of nitrogens with one attached hydrogen (secondary N) is 1. The highest BCUT2D eigenvalue weighted by Crippen LogP contribution is 2.28. The third-order valence-electron chi connectivity index (χ3n) is 3.21. The lowest BCUT2D eigenvalue weighted by molar-refractivity contribution is -0.122. The molecule has 3 rings (SSSR count). The van der Waals surface area contributed by atoms with E-state index in [9.17, 15) is 9.59 Å². The number of aromatic nitrogens is 1. The number of hydrogen-bond donors (Lipinski definition) is 1. The smallest absolute Gasteiger partial charge is 0.408 e. The summed E-state index contributed by atoms with van der Waals surface area (Å²) in [6.07, 6.45) is 1.94. The molecule has 0 atom stereocenters. The van der Waals surface area contributed by atoms with Gasteiger partial charge >= 0.3 is 5.76 Å². The van der Waals surface area contributed by atoms with Crippen LogP contribution in [0.25, 0.3) is 11.1 Å². The fourth-order valence-corrected chi connectivity index (χ4v) is 2.19. The number of nitrogens with zero attached hydrogens (tertiary/aromatic N) is 1. The molecule has 0 bridgehead atoms. The van der Waals surface area contributed by atoms with Crippen LogP contribution in [0.1, 0.15) is 12.8 Å². The van der Waals surface area contributed by atoms with Crippen LogP contribution in [0.4, 0.5) is 0 Å². The molecule has 0 unspecified atom stereocenters. The second kappa shape index (κ2) is 4.74. The first-order valence-corrected chi connectivity index (χ1v) is 6.59. The lowest BCUT2D eigenvalue weighted by Gasteiger charge is -2.04. The first-order chi connectivity index (χ1) is 9.15. The number of amides is 1. The molecule has 0 radical (unpaired) electrons. The third kappa shape index (κ3) is 2.51. The Morgan fingerprint density at radius 2 is 2.26 bits per heavy atom. The quantitative estimate of drug-likeness (QED) is 0.928. The van der Waals surface area contributed by atoms with Gasteiger partial charge in [0.1, 0.15) is 0 Å². The van der Waals surface area contributed by atoms with Crippen molar-refractivity contribution in [2.75, 3.05) is 6.54 Å². The average Bonchev–Trinajstić information content (AvgIpc) is 3.16. The summed E-state index contributed by atoms with van der Waals surface area (Å²) in [5.41, 5.74) is 1.15. The number of rotatable bonds is 4. The van der Waals surface area contributed by atoms with Gasteiger partial charge in [-0.15, -0.1) is 0 Å². The van der Waals surface area contributed by atoms with Gasteiger partial charge in [0.2, 0.25) is 5.91 Å². The molecule has 1 heterocycles. The van der Waals surface area contributed by atoms with Crippen LogP contribution in [0.5, 0.6) is 0 Å². The summed E-state index contributed by atoms with van der Waals surface area (Å²) in [6, 6.07) is 5.06. The number of carbonyl (C=O) groups is 1. The molecule has 0 aliphatic heterocycles. The van der Waals surface area contributed by atoms with Gasteiger partial charge in [0, 0.05) is 30.1 Å². The maximum atomic E-state index is 11.7. The van der Waals surface area contributed by atoms with Crippen molar-refractivity contribution in [3.63, 3.8) is 0 Å². The summed E-state index contributed by atoms with van der Waals surface area (Å²) < 4.78 is 6.61. The van der Waals surface area contributed by atoms with Crippen molar-refractivity contribution in [2.24, 2.45) is 5.92 Å². The zero-order valence-electron chi connectivity index (χ0n) is 10.2. The summed E-state index contributed by atoms with van der Waals surface area (Å²) in [5, 5.41) is 3.34. The summed E-state index contributed by atoms with van der Waals surface area (Å²) in [5.74, 6) is -0.182. The molecule has 0 saturated heterocycles. The minimum Gasteiger partial charge on any atom is -0.408 e. The number of carbonyl (C=O) groups excluding carboxylic acids is 1. The number of oxazole rings is 1. The van der Waals surface area contributed by atoms with Crippen LogP contribution < -0.4 is 11.1 Å². The maximum Gasteiger partial charge on any atom is 0.420 e. The molecule has 1 aromatic carbocycles. The molecule has 0 spiro atoms. The Morgan fingerprint density at radius 3 is 3.00 bits per heavy atom. The fraction of sp³-hybridized carbons (Fsp3) is 0.385. The Hall–Kier alpha value is -1.75. The molecule has 19 heavy (non-hydrogen) atoms. The van der Waals surface area contributed by atoms with E-state index in [0.29, 0.717) is 29.2 Å². The zero-order valence-corrected chi connectivity index (χ0v) is 10.9. The SMILES string of the molecule is O=C(NCCn1c(=O)oc2cc(Cl)ccc21)C1CC1. The van der Waals surface area contributed by atoms with Gasteiger partial charge in [-0.05, 0) is 25.0 Å². The van der Waals surface area contributed by atoms with Gasteiger partial charge in [0.15, 0.2) is 5.58 Å². The first kappa shape index (κ1) is 12.3. The van der Waals surface area contributed by atoms with E-state index >= 15 is 0 Å². The molecular weight excluding hydrogens is 268 g/mol. The van der Waals surface area contributed by atoms with E-state index in [1.807, 2.05) is 0 Å². The van der Waals surface area contributed by atoms with Gasteiger partial charge < -0.3 is 9.73 Å². The highest BCUT2D eigenvalue weighted by Gasteiger charge is 2.29. The van der Waals surface area contributed by atoms with E-state index in [4.69, 9.17) is 16.0 Å². The summed E-state index contributed by atoms with van der Waals surface area (Å²) in [4.78, 5) is 23.2. The van der Waals surface area contributed by atoms with Gasteiger partial charge in [-0.3, -0.25) is 9.36 Å². The Morgan fingerprint density at radius 1 is 1.47 bits per heavy atom. The van der Waals surface area contributed by atoms with Crippen LogP contribution in [0, 0.1) is 5.92 Å². The highest BCUT2D eigenvalue weighted by atomic mass is 35.5. The van der Waals surface area contributed by atoms with Crippen molar-refractivity contribution in [1.29, 1.82) is 0 Å². The van der Waals surface area contributed by atoms with Crippen molar-refractivity contribution in [3.8, 4) is 0 Å². The molecule has 1 amide bonds. The number of fused-ring (bicyclic) bond motifs is 1. The third-order valence-corrected chi connectivity index (χ3v) is 3.45. The van der Waals surface area contributed by atoms with E-state index in [-0.39, 0.29) is 11.8 Å². The Kier molecular flexibility index (Phi) is 3.06. The second-order valence-corrected chi connectivity index (χ2v) is 5.13. The fourth-order valence-electron chi connectivity index (χ4n) is 2.03. The van der Waals surface area contributed by atoms with Crippen LogP contribution >= 0.6 is 11.6 Å². The topological polar surface area (TPSA) is 64.2 Å². The van der Waals surface area contributed by atoms with Crippen LogP contribution in [0.2, 0.25) is 5.02 Å². The predicted octanol–water partition coefficient (Wildman–Crippen LogP) is 1.77. The lowest BCUT2D eigenvalue weighted by Crippen LogP contribution is -2.30.